The lowest BCUT2D eigenvalue weighted by molar-refractivity contribution is -0.130. The minimum Gasteiger partial charge on any atom is -0.368 e. The van der Waals surface area contributed by atoms with Crippen molar-refractivity contribution in [3.05, 3.63) is 0 Å². The van der Waals surface area contributed by atoms with Crippen LogP contribution < -0.4 is 0 Å². The lowest BCUT2D eigenvalue weighted by Gasteiger charge is -2.23. The number of rotatable bonds is 8. The SMILES string of the molecule is CCCC(C)(C=O)OCCC(C)CC. The van der Waals surface area contributed by atoms with Gasteiger partial charge in [0.15, 0.2) is 6.29 Å². The Kier molecular flexibility index (Phi) is 6.81. The summed E-state index contributed by atoms with van der Waals surface area (Å²) in [6.45, 7) is 9.03. The molecule has 0 aliphatic rings. The van der Waals surface area contributed by atoms with E-state index in [-0.39, 0.29) is 0 Å². The Morgan fingerprint density at radius 2 is 2.07 bits per heavy atom. The molecule has 0 aromatic heterocycles. The topological polar surface area (TPSA) is 26.3 Å². The van der Waals surface area contributed by atoms with E-state index in [0.29, 0.717) is 12.5 Å². The van der Waals surface area contributed by atoms with Gasteiger partial charge < -0.3 is 9.53 Å². The van der Waals surface area contributed by atoms with Crippen LogP contribution in [-0.4, -0.2) is 18.5 Å². The Morgan fingerprint density at radius 3 is 2.50 bits per heavy atom. The Bertz CT molecular complexity index is 156. The maximum atomic E-state index is 10.8. The van der Waals surface area contributed by atoms with Gasteiger partial charge in [-0.1, -0.05) is 33.6 Å². The molecule has 0 aliphatic carbocycles. The fraction of sp³-hybridized carbons (Fsp3) is 0.917. The standard InChI is InChI=1S/C12H24O2/c1-5-8-12(4,10-13)14-9-7-11(3)6-2/h10-11H,5-9H2,1-4H3. The fourth-order valence-corrected chi connectivity index (χ4v) is 1.36. The smallest absolute Gasteiger partial charge is 0.151 e. The van der Waals surface area contributed by atoms with Crippen molar-refractivity contribution >= 4 is 6.29 Å². The van der Waals surface area contributed by atoms with Crippen LogP contribution in [-0.2, 0) is 9.53 Å². The van der Waals surface area contributed by atoms with Gasteiger partial charge in [-0.2, -0.15) is 0 Å². The molecule has 0 saturated carbocycles. The third-order valence-electron chi connectivity index (χ3n) is 2.74. The van der Waals surface area contributed by atoms with Gasteiger partial charge in [0.2, 0.25) is 0 Å². The fourth-order valence-electron chi connectivity index (χ4n) is 1.36. The van der Waals surface area contributed by atoms with E-state index in [1.807, 2.05) is 6.92 Å². The van der Waals surface area contributed by atoms with Crippen molar-refractivity contribution < 1.29 is 9.53 Å². The van der Waals surface area contributed by atoms with E-state index in [9.17, 15) is 4.79 Å². The minimum atomic E-state index is -0.553. The molecule has 0 fully saturated rings. The third kappa shape index (κ3) is 5.38. The van der Waals surface area contributed by atoms with Gasteiger partial charge in [0.05, 0.1) is 0 Å². The summed E-state index contributed by atoms with van der Waals surface area (Å²) in [6.07, 6.45) is 4.96. The molecule has 0 radical (unpaired) electrons. The summed E-state index contributed by atoms with van der Waals surface area (Å²) in [7, 11) is 0. The molecular weight excluding hydrogens is 176 g/mol. The van der Waals surface area contributed by atoms with Gasteiger partial charge in [0.25, 0.3) is 0 Å². The highest BCUT2D eigenvalue weighted by atomic mass is 16.5. The van der Waals surface area contributed by atoms with E-state index in [2.05, 4.69) is 20.8 Å². The molecule has 2 atom stereocenters. The average Bonchev–Trinajstić information content (AvgIpc) is 2.18. The van der Waals surface area contributed by atoms with E-state index >= 15 is 0 Å². The van der Waals surface area contributed by atoms with Crippen molar-refractivity contribution in [1.82, 2.24) is 0 Å². The van der Waals surface area contributed by atoms with E-state index in [1.54, 1.807) is 0 Å². The molecule has 0 spiro atoms. The number of ether oxygens (including phenoxy) is 1. The van der Waals surface area contributed by atoms with Crippen LogP contribution in [0.5, 0.6) is 0 Å². The molecule has 0 N–H and O–H groups in total. The van der Waals surface area contributed by atoms with Crippen LogP contribution in [0.3, 0.4) is 0 Å². The van der Waals surface area contributed by atoms with Gasteiger partial charge in [0.1, 0.15) is 5.60 Å². The molecule has 0 heterocycles. The predicted octanol–water partition coefficient (Wildman–Crippen LogP) is 3.20. The predicted molar refractivity (Wildman–Crippen MR) is 59.4 cm³/mol. The second-order valence-electron chi connectivity index (χ2n) is 4.33. The van der Waals surface area contributed by atoms with Crippen LogP contribution in [0.1, 0.15) is 53.4 Å². The van der Waals surface area contributed by atoms with Gasteiger partial charge in [0, 0.05) is 6.61 Å². The van der Waals surface area contributed by atoms with Crippen LogP contribution in [0.15, 0.2) is 0 Å². The van der Waals surface area contributed by atoms with Crippen LogP contribution in [0, 0.1) is 5.92 Å². The monoisotopic (exact) mass is 200 g/mol. The summed E-state index contributed by atoms with van der Waals surface area (Å²) in [6, 6.07) is 0. The summed E-state index contributed by atoms with van der Waals surface area (Å²) in [5.74, 6) is 0.688. The van der Waals surface area contributed by atoms with Gasteiger partial charge in [-0.25, -0.2) is 0 Å². The Labute approximate surface area is 88.0 Å². The second kappa shape index (κ2) is 6.99. The van der Waals surface area contributed by atoms with E-state index < -0.39 is 5.60 Å². The third-order valence-corrected chi connectivity index (χ3v) is 2.74. The van der Waals surface area contributed by atoms with Crippen LogP contribution in [0.2, 0.25) is 0 Å². The summed E-state index contributed by atoms with van der Waals surface area (Å²) in [4.78, 5) is 10.8. The number of aldehydes is 1. The first-order valence-corrected chi connectivity index (χ1v) is 5.68. The van der Waals surface area contributed by atoms with E-state index in [0.717, 1.165) is 25.5 Å². The van der Waals surface area contributed by atoms with Crippen LogP contribution in [0.4, 0.5) is 0 Å². The zero-order chi connectivity index (χ0) is 11.0. The van der Waals surface area contributed by atoms with Crippen molar-refractivity contribution in [2.24, 2.45) is 5.92 Å². The molecule has 14 heavy (non-hydrogen) atoms. The maximum Gasteiger partial charge on any atom is 0.151 e. The van der Waals surface area contributed by atoms with Gasteiger partial charge in [-0.3, -0.25) is 0 Å². The van der Waals surface area contributed by atoms with E-state index in [4.69, 9.17) is 4.74 Å². The number of hydrogen-bond acceptors (Lipinski definition) is 2. The highest BCUT2D eigenvalue weighted by Gasteiger charge is 2.22. The first kappa shape index (κ1) is 13.6. The van der Waals surface area contributed by atoms with Crippen molar-refractivity contribution in [2.75, 3.05) is 6.61 Å². The average molecular weight is 200 g/mol. The first-order valence-electron chi connectivity index (χ1n) is 5.68. The van der Waals surface area contributed by atoms with Crippen molar-refractivity contribution in [1.29, 1.82) is 0 Å². The first-order chi connectivity index (χ1) is 6.58. The van der Waals surface area contributed by atoms with Crippen LogP contribution >= 0.6 is 0 Å². The number of hydrogen-bond donors (Lipinski definition) is 0. The molecule has 2 heteroatoms. The Morgan fingerprint density at radius 1 is 1.43 bits per heavy atom. The molecule has 0 saturated heterocycles. The maximum absolute atomic E-state index is 10.8. The molecule has 0 aromatic carbocycles. The lowest BCUT2D eigenvalue weighted by atomic mass is 10.0. The van der Waals surface area contributed by atoms with Gasteiger partial charge >= 0.3 is 0 Å². The zero-order valence-corrected chi connectivity index (χ0v) is 10.0. The number of carbonyl (C=O) groups is 1. The second-order valence-corrected chi connectivity index (χ2v) is 4.33. The molecule has 0 bridgehead atoms. The Balaban J connectivity index is 3.77. The summed E-state index contributed by atoms with van der Waals surface area (Å²) < 4.78 is 5.62. The summed E-state index contributed by atoms with van der Waals surface area (Å²) in [5, 5.41) is 0. The summed E-state index contributed by atoms with van der Waals surface area (Å²) in [5.41, 5.74) is -0.553. The lowest BCUT2D eigenvalue weighted by Crippen LogP contribution is -2.31. The molecule has 2 nitrogen and oxygen atoms in total. The Hall–Kier alpha value is -0.370. The zero-order valence-electron chi connectivity index (χ0n) is 10.0. The molecule has 0 aliphatic heterocycles. The molecular formula is C12H24O2. The van der Waals surface area contributed by atoms with Crippen molar-refractivity contribution in [3.63, 3.8) is 0 Å². The highest BCUT2D eigenvalue weighted by molar-refractivity contribution is 5.61. The minimum absolute atomic E-state index is 0.553. The molecule has 84 valence electrons. The molecule has 2 unspecified atom stereocenters. The molecule has 0 rings (SSSR count). The van der Waals surface area contributed by atoms with Crippen molar-refractivity contribution in [3.8, 4) is 0 Å². The van der Waals surface area contributed by atoms with Crippen molar-refractivity contribution in [2.45, 2.75) is 59.0 Å². The normalized spacial score (nSPS) is 17.4. The largest absolute Gasteiger partial charge is 0.368 e. The highest BCUT2D eigenvalue weighted by Crippen LogP contribution is 2.16. The quantitative estimate of drug-likeness (QED) is 0.562. The summed E-state index contributed by atoms with van der Waals surface area (Å²) >= 11 is 0. The van der Waals surface area contributed by atoms with Gasteiger partial charge in [-0.05, 0) is 25.7 Å². The molecule has 0 aromatic rings. The molecule has 0 amide bonds. The number of carbonyl (C=O) groups excluding carboxylic acids is 1. The van der Waals surface area contributed by atoms with Crippen LogP contribution in [0.25, 0.3) is 0 Å². The van der Waals surface area contributed by atoms with E-state index in [1.165, 1.54) is 6.42 Å². The van der Waals surface area contributed by atoms with Gasteiger partial charge in [-0.15, -0.1) is 0 Å².